The van der Waals surface area contributed by atoms with Crippen LogP contribution in [0.3, 0.4) is 0 Å². The van der Waals surface area contributed by atoms with E-state index in [1.54, 1.807) is 6.92 Å². The highest BCUT2D eigenvalue weighted by Crippen LogP contribution is 2.13. The Morgan fingerprint density at radius 3 is 2.24 bits per heavy atom. The molecule has 0 unspecified atom stereocenters. The number of benzene rings is 1. The fourth-order valence-corrected chi connectivity index (χ4v) is 2.78. The summed E-state index contributed by atoms with van der Waals surface area (Å²) in [5.41, 5.74) is 7.62. The maximum Gasteiger partial charge on any atom is 0.214 e. The molecule has 0 radical (unpaired) electrons. The Bertz CT molecular complexity index is 457. The minimum absolute atomic E-state index is 0.131. The van der Waals surface area contributed by atoms with Gasteiger partial charge >= 0.3 is 0 Å². The Morgan fingerprint density at radius 1 is 1.18 bits per heavy atom. The molecule has 1 aromatic carbocycles. The van der Waals surface area contributed by atoms with E-state index in [1.165, 1.54) is 4.31 Å². The first-order valence-corrected chi connectivity index (χ1v) is 7.40. The Balaban J connectivity index is 2.96. The molecule has 1 aromatic rings. The van der Waals surface area contributed by atoms with Crippen LogP contribution in [0.5, 0.6) is 0 Å². The van der Waals surface area contributed by atoms with E-state index < -0.39 is 10.0 Å². The lowest BCUT2D eigenvalue weighted by atomic mass is 10.1. The zero-order valence-corrected chi connectivity index (χ0v) is 11.2. The summed E-state index contributed by atoms with van der Waals surface area (Å²) in [5.74, 6) is 0.131. The van der Waals surface area contributed by atoms with Gasteiger partial charge in [0.2, 0.25) is 10.0 Å². The van der Waals surface area contributed by atoms with E-state index in [4.69, 9.17) is 5.73 Å². The number of rotatable bonds is 6. The summed E-state index contributed by atoms with van der Waals surface area (Å²) in [6.45, 7) is 4.82. The van der Waals surface area contributed by atoms with Crippen LogP contribution in [-0.4, -0.2) is 25.0 Å². The van der Waals surface area contributed by atoms with Crippen molar-refractivity contribution in [3.8, 4) is 0 Å². The van der Waals surface area contributed by atoms with Gasteiger partial charge in [-0.25, -0.2) is 8.42 Å². The highest BCUT2D eigenvalue weighted by Gasteiger charge is 2.18. The van der Waals surface area contributed by atoms with Gasteiger partial charge in [0.25, 0.3) is 0 Å². The van der Waals surface area contributed by atoms with Crippen molar-refractivity contribution in [3.05, 3.63) is 35.4 Å². The van der Waals surface area contributed by atoms with Crippen molar-refractivity contribution < 1.29 is 8.42 Å². The number of sulfonamides is 1. The molecule has 0 saturated heterocycles. The molecular weight excluding hydrogens is 236 g/mol. The van der Waals surface area contributed by atoms with Crippen LogP contribution in [0.4, 0.5) is 0 Å². The van der Waals surface area contributed by atoms with Crippen molar-refractivity contribution in [2.45, 2.75) is 26.9 Å². The van der Waals surface area contributed by atoms with Crippen molar-refractivity contribution in [2.24, 2.45) is 5.73 Å². The summed E-state index contributed by atoms with van der Waals surface area (Å²) in [4.78, 5) is 0. The summed E-state index contributed by atoms with van der Waals surface area (Å²) < 4.78 is 25.1. The molecule has 5 heteroatoms. The number of hydrogen-bond donors (Lipinski definition) is 1. The molecule has 0 atom stereocenters. The molecule has 0 amide bonds. The van der Waals surface area contributed by atoms with Crippen LogP contribution in [0.15, 0.2) is 24.3 Å². The molecule has 0 aromatic heterocycles. The summed E-state index contributed by atoms with van der Waals surface area (Å²) in [7, 11) is -3.14. The van der Waals surface area contributed by atoms with E-state index in [9.17, 15) is 8.42 Å². The molecule has 0 fully saturated rings. The molecular formula is C12H20N2O2S. The fourth-order valence-electron chi connectivity index (χ4n) is 1.69. The second kappa shape index (κ2) is 6.14. The van der Waals surface area contributed by atoms with Gasteiger partial charge in [-0.3, -0.25) is 0 Å². The maximum atomic E-state index is 11.8. The molecule has 17 heavy (non-hydrogen) atoms. The quantitative estimate of drug-likeness (QED) is 0.835. The first kappa shape index (κ1) is 14.2. The monoisotopic (exact) mass is 256 g/mol. The van der Waals surface area contributed by atoms with E-state index in [-0.39, 0.29) is 5.75 Å². The van der Waals surface area contributed by atoms with Crippen LogP contribution in [0.25, 0.3) is 0 Å². The van der Waals surface area contributed by atoms with E-state index in [0.717, 1.165) is 11.1 Å². The third-order valence-electron chi connectivity index (χ3n) is 2.80. The van der Waals surface area contributed by atoms with Crippen LogP contribution in [0.2, 0.25) is 0 Å². The minimum atomic E-state index is -3.14. The minimum Gasteiger partial charge on any atom is -0.326 e. The summed E-state index contributed by atoms with van der Waals surface area (Å²) in [6, 6.07) is 7.68. The van der Waals surface area contributed by atoms with Crippen molar-refractivity contribution >= 4 is 10.0 Å². The SMILES string of the molecule is CCN(Cc1ccccc1CN)S(=O)(=O)CC. The molecule has 0 spiro atoms. The van der Waals surface area contributed by atoms with Gasteiger partial charge in [-0.2, -0.15) is 4.31 Å². The number of hydrogen-bond acceptors (Lipinski definition) is 3. The standard InChI is InChI=1S/C12H20N2O2S/c1-3-14(17(15,16)4-2)10-12-8-6-5-7-11(12)9-13/h5-8H,3-4,9-10,13H2,1-2H3. The average molecular weight is 256 g/mol. The number of nitrogens with zero attached hydrogens (tertiary/aromatic N) is 1. The highest BCUT2D eigenvalue weighted by molar-refractivity contribution is 7.89. The highest BCUT2D eigenvalue weighted by atomic mass is 32.2. The van der Waals surface area contributed by atoms with Crippen LogP contribution >= 0.6 is 0 Å². The third-order valence-corrected chi connectivity index (χ3v) is 4.70. The second-order valence-corrected chi connectivity index (χ2v) is 6.06. The van der Waals surface area contributed by atoms with Crippen molar-refractivity contribution in [2.75, 3.05) is 12.3 Å². The largest absolute Gasteiger partial charge is 0.326 e. The molecule has 0 bridgehead atoms. The second-order valence-electron chi connectivity index (χ2n) is 3.80. The molecule has 0 aliphatic heterocycles. The lowest BCUT2D eigenvalue weighted by molar-refractivity contribution is 0.423. The zero-order chi connectivity index (χ0) is 12.9. The van der Waals surface area contributed by atoms with E-state index in [1.807, 2.05) is 31.2 Å². The van der Waals surface area contributed by atoms with Crippen molar-refractivity contribution in [3.63, 3.8) is 0 Å². The molecule has 0 aliphatic carbocycles. The Hall–Kier alpha value is -0.910. The normalized spacial score (nSPS) is 12.0. The first-order valence-electron chi connectivity index (χ1n) is 5.79. The maximum absolute atomic E-state index is 11.8. The lowest BCUT2D eigenvalue weighted by Gasteiger charge is -2.20. The van der Waals surface area contributed by atoms with Gasteiger partial charge in [-0.15, -0.1) is 0 Å². The van der Waals surface area contributed by atoms with Crippen LogP contribution in [-0.2, 0) is 23.1 Å². The van der Waals surface area contributed by atoms with Crippen LogP contribution in [0, 0.1) is 0 Å². The van der Waals surface area contributed by atoms with E-state index >= 15 is 0 Å². The molecule has 0 heterocycles. The van der Waals surface area contributed by atoms with Gasteiger partial charge in [0.1, 0.15) is 0 Å². The lowest BCUT2D eigenvalue weighted by Crippen LogP contribution is -2.32. The first-order chi connectivity index (χ1) is 8.05. The van der Waals surface area contributed by atoms with E-state index in [0.29, 0.717) is 19.6 Å². The van der Waals surface area contributed by atoms with Crippen LogP contribution in [0.1, 0.15) is 25.0 Å². The predicted octanol–water partition coefficient (Wildman–Crippen LogP) is 1.32. The summed E-state index contributed by atoms with van der Waals surface area (Å²) >= 11 is 0. The molecule has 0 saturated carbocycles. The third kappa shape index (κ3) is 3.52. The zero-order valence-electron chi connectivity index (χ0n) is 10.4. The van der Waals surface area contributed by atoms with E-state index in [2.05, 4.69) is 0 Å². The Labute approximate surface area is 103 Å². The van der Waals surface area contributed by atoms with Gasteiger partial charge < -0.3 is 5.73 Å². The van der Waals surface area contributed by atoms with Gasteiger partial charge in [0, 0.05) is 19.6 Å². The van der Waals surface area contributed by atoms with Gasteiger partial charge in [0.05, 0.1) is 5.75 Å². The predicted molar refractivity (Wildman–Crippen MR) is 69.9 cm³/mol. The van der Waals surface area contributed by atoms with Gasteiger partial charge in [0.15, 0.2) is 0 Å². The molecule has 4 nitrogen and oxygen atoms in total. The van der Waals surface area contributed by atoms with Crippen molar-refractivity contribution in [1.29, 1.82) is 0 Å². The van der Waals surface area contributed by atoms with Gasteiger partial charge in [-0.1, -0.05) is 31.2 Å². The van der Waals surface area contributed by atoms with Gasteiger partial charge in [-0.05, 0) is 18.1 Å². The fraction of sp³-hybridized carbons (Fsp3) is 0.500. The summed E-state index contributed by atoms with van der Waals surface area (Å²) in [6.07, 6.45) is 0. The topological polar surface area (TPSA) is 63.4 Å². The molecule has 0 aliphatic rings. The Morgan fingerprint density at radius 2 is 1.76 bits per heavy atom. The summed E-state index contributed by atoms with van der Waals surface area (Å²) in [5, 5.41) is 0. The van der Waals surface area contributed by atoms with Crippen LogP contribution < -0.4 is 5.73 Å². The molecule has 1 rings (SSSR count). The van der Waals surface area contributed by atoms with Crippen molar-refractivity contribution in [1.82, 2.24) is 4.31 Å². The Kier molecular flexibility index (Phi) is 5.11. The average Bonchev–Trinajstić information content (AvgIpc) is 2.36. The molecule has 96 valence electrons. The number of nitrogens with two attached hydrogens (primary N) is 1. The molecule has 2 N–H and O–H groups in total. The smallest absolute Gasteiger partial charge is 0.214 e.